The van der Waals surface area contributed by atoms with E-state index in [0.717, 1.165) is 25.9 Å². The standard InChI is InChI=1S/C15H25NO3/c1-3-7-16-8-5-6-11-9-14(17)12(10-13(11)16)15(18)19-4-2/h11-13H,3-10H2,1-2H3/t11-,12?,13-/m0/s1. The molecule has 0 aromatic heterocycles. The van der Waals surface area contributed by atoms with Gasteiger partial charge >= 0.3 is 5.97 Å². The van der Waals surface area contributed by atoms with Crippen molar-refractivity contribution in [1.82, 2.24) is 4.90 Å². The van der Waals surface area contributed by atoms with E-state index < -0.39 is 5.92 Å². The Kier molecular flexibility index (Phi) is 4.97. The van der Waals surface area contributed by atoms with Gasteiger partial charge in [0.15, 0.2) is 0 Å². The highest BCUT2D eigenvalue weighted by molar-refractivity contribution is 5.99. The molecular weight excluding hydrogens is 242 g/mol. The first-order valence-corrected chi connectivity index (χ1v) is 7.60. The second-order valence-electron chi connectivity index (χ2n) is 5.72. The maximum Gasteiger partial charge on any atom is 0.316 e. The number of nitrogens with zero attached hydrogens (tertiary/aromatic N) is 1. The topological polar surface area (TPSA) is 46.6 Å². The summed E-state index contributed by atoms with van der Waals surface area (Å²) in [7, 11) is 0. The minimum atomic E-state index is -0.515. The molecule has 1 aliphatic carbocycles. The number of hydrogen-bond acceptors (Lipinski definition) is 4. The van der Waals surface area contributed by atoms with Gasteiger partial charge in [0.25, 0.3) is 0 Å². The van der Waals surface area contributed by atoms with Crippen molar-refractivity contribution in [2.45, 2.75) is 52.0 Å². The molecule has 108 valence electrons. The number of rotatable bonds is 4. The Morgan fingerprint density at radius 3 is 2.89 bits per heavy atom. The van der Waals surface area contributed by atoms with Gasteiger partial charge in [-0.25, -0.2) is 0 Å². The monoisotopic (exact) mass is 267 g/mol. The molecule has 2 aliphatic rings. The molecule has 1 heterocycles. The number of Topliss-reactive ketones (excluding diaryl/α,β-unsaturated/α-hetero) is 1. The van der Waals surface area contributed by atoms with Gasteiger partial charge in [0.1, 0.15) is 11.7 Å². The molecule has 0 amide bonds. The summed E-state index contributed by atoms with van der Waals surface area (Å²) in [6.07, 6.45) is 4.67. The summed E-state index contributed by atoms with van der Waals surface area (Å²) < 4.78 is 5.05. The molecule has 1 saturated carbocycles. The summed E-state index contributed by atoms with van der Waals surface area (Å²) in [6.45, 7) is 6.51. The minimum Gasteiger partial charge on any atom is -0.465 e. The molecule has 19 heavy (non-hydrogen) atoms. The van der Waals surface area contributed by atoms with Crippen LogP contribution in [0.3, 0.4) is 0 Å². The van der Waals surface area contributed by atoms with Gasteiger partial charge in [0.2, 0.25) is 0 Å². The van der Waals surface area contributed by atoms with Crippen LogP contribution in [-0.4, -0.2) is 42.4 Å². The molecule has 2 fully saturated rings. The van der Waals surface area contributed by atoms with Gasteiger partial charge in [-0.3, -0.25) is 9.59 Å². The van der Waals surface area contributed by atoms with E-state index >= 15 is 0 Å². The van der Waals surface area contributed by atoms with E-state index in [0.29, 0.717) is 31.4 Å². The lowest BCUT2D eigenvalue weighted by Gasteiger charge is -2.45. The van der Waals surface area contributed by atoms with Crippen LogP contribution in [0.15, 0.2) is 0 Å². The van der Waals surface area contributed by atoms with Crippen molar-refractivity contribution in [2.24, 2.45) is 11.8 Å². The van der Waals surface area contributed by atoms with Crippen LogP contribution in [-0.2, 0) is 14.3 Å². The highest BCUT2D eigenvalue weighted by atomic mass is 16.5. The molecule has 0 N–H and O–H groups in total. The average Bonchev–Trinajstić information content (AvgIpc) is 2.38. The van der Waals surface area contributed by atoms with E-state index in [1.165, 1.54) is 6.42 Å². The van der Waals surface area contributed by atoms with Crippen molar-refractivity contribution in [3.63, 3.8) is 0 Å². The maximum atomic E-state index is 12.1. The van der Waals surface area contributed by atoms with Gasteiger partial charge in [-0.2, -0.15) is 0 Å². The average molecular weight is 267 g/mol. The van der Waals surface area contributed by atoms with Crippen LogP contribution in [0.25, 0.3) is 0 Å². The molecule has 1 unspecified atom stereocenters. The Morgan fingerprint density at radius 2 is 2.21 bits per heavy atom. The lowest BCUT2D eigenvalue weighted by molar-refractivity contribution is -0.155. The summed E-state index contributed by atoms with van der Waals surface area (Å²) in [5.74, 6) is -0.275. The van der Waals surface area contributed by atoms with Crippen molar-refractivity contribution in [3.05, 3.63) is 0 Å². The second-order valence-corrected chi connectivity index (χ2v) is 5.72. The van der Waals surface area contributed by atoms with Crippen LogP contribution in [0.1, 0.15) is 46.0 Å². The lowest BCUT2D eigenvalue weighted by Crippen LogP contribution is -2.52. The molecular formula is C15H25NO3. The Morgan fingerprint density at radius 1 is 1.42 bits per heavy atom. The predicted octanol–water partition coefficient (Wildman–Crippen LogP) is 2.02. The number of likely N-dealkylation sites (tertiary alicyclic amines) is 1. The maximum absolute atomic E-state index is 12.1. The number of ether oxygens (including phenoxy) is 1. The number of fused-ring (bicyclic) bond motifs is 1. The summed E-state index contributed by atoms with van der Waals surface area (Å²) >= 11 is 0. The number of piperidine rings is 1. The first-order chi connectivity index (χ1) is 9.17. The first-order valence-electron chi connectivity index (χ1n) is 7.60. The Hall–Kier alpha value is -0.900. The van der Waals surface area contributed by atoms with Crippen molar-refractivity contribution >= 4 is 11.8 Å². The molecule has 3 atom stereocenters. The zero-order valence-corrected chi connectivity index (χ0v) is 12.1. The largest absolute Gasteiger partial charge is 0.465 e. The molecule has 0 aromatic carbocycles. The van der Waals surface area contributed by atoms with Crippen LogP contribution in [0.4, 0.5) is 0 Å². The van der Waals surface area contributed by atoms with Crippen LogP contribution >= 0.6 is 0 Å². The lowest BCUT2D eigenvalue weighted by atomic mass is 9.73. The number of carbonyl (C=O) groups excluding carboxylic acids is 2. The van der Waals surface area contributed by atoms with Crippen molar-refractivity contribution in [2.75, 3.05) is 19.7 Å². The van der Waals surface area contributed by atoms with E-state index in [1.807, 2.05) is 0 Å². The Balaban J connectivity index is 2.06. The van der Waals surface area contributed by atoms with Crippen molar-refractivity contribution in [3.8, 4) is 0 Å². The van der Waals surface area contributed by atoms with E-state index in [-0.39, 0.29) is 11.8 Å². The smallest absolute Gasteiger partial charge is 0.316 e. The summed E-state index contributed by atoms with van der Waals surface area (Å²) in [5.41, 5.74) is 0. The van der Waals surface area contributed by atoms with Gasteiger partial charge in [-0.05, 0) is 51.6 Å². The van der Waals surface area contributed by atoms with Gasteiger partial charge in [0.05, 0.1) is 6.61 Å². The van der Waals surface area contributed by atoms with E-state index in [9.17, 15) is 9.59 Å². The van der Waals surface area contributed by atoms with Crippen LogP contribution in [0, 0.1) is 11.8 Å². The molecule has 0 spiro atoms. The fourth-order valence-electron chi connectivity index (χ4n) is 3.60. The fraction of sp³-hybridized carbons (Fsp3) is 0.867. The van der Waals surface area contributed by atoms with E-state index in [4.69, 9.17) is 4.74 Å². The molecule has 4 heteroatoms. The summed E-state index contributed by atoms with van der Waals surface area (Å²) in [4.78, 5) is 26.5. The first kappa shape index (κ1) is 14.5. The zero-order chi connectivity index (χ0) is 13.8. The normalized spacial score (nSPS) is 31.9. The molecule has 4 nitrogen and oxygen atoms in total. The Labute approximate surface area is 115 Å². The molecule has 0 radical (unpaired) electrons. The second kappa shape index (κ2) is 6.51. The molecule has 1 aliphatic heterocycles. The van der Waals surface area contributed by atoms with E-state index in [2.05, 4.69) is 11.8 Å². The highest BCUT2D eigenvalue weighted by Crippen LogP contribution is 2.36. The quantitative estimate of drug-likeness (QED) is 0.577. The predicted molar refractivity (Wildman–Crippen MR) is 72.7 cm³/mol. The Bertz CT molecular complexity index is 340. The highest BCUT2D eigenvalue weighted by Gasteiger charge is 2.43. The zero-order valence-electron chi connectivity index (χ0n) is 12.1. The molecule has 0 bridgehead atoms. The molecule has 0 aromatic rings. The van der Waals surface area contributed by atoms with Crippen molar-refractivity contribution in [1.29, 1.82) is 0 Å². The fourth-order valence-corrected chi connectivity index (χ4v) is 3.60. The number of carbonyl (C=O) groups is 2. The van der Waals surface area contributed by atoms with Gasteiger partial charge < -0.3 is 9.64 Å². The number of hydrogen-bond donors (Lipinski definition) is 0. The number of esters is 1. The third kappa shape index (κ3) is 3.16. The summed E-state index contributed by atoms with van der Waals surface area (Å²) in [5, 5.41) is 0. The third-order valence-electron chi connectivity index (χ3n) is 4.44. The molecule has 2 rings (SSSR count). The van der Waals surface area contributed by atoms with Gasteiger partial charge in [-0.15, -0.1) is 0 Å². The van der Waals surface area contributed by atoms with Crippen molar-refractivity contribution < 1.29 is 14.3 Å². The van der Waals surface area contributed by atoms with Gasteiger partial charge in [0, 0.05) is 12.5 Å². The van der Waals surface area contributed by atoms with E-state index in [1.54, 1.807) is 6.92 Å². The minimum absolute atomic E-state index is 0.0954. The summed E-state index contributed by atoms with van der Waals surface area (Å²) in [6, 6.07) is 0.404. The molecule has 1 saturated heterocycles. The van der Waals surface area contributed by atoms with Gasteiger partial charge in [-0.1, -0.05) is 6.92 Å². The van der Waals surface area contributed by atoms with Crippen LogP contribution in [0.5, 0.6) is 0 Å². The number of ketones is 1. The third-order valence-corrected chi connectivity index (χ3v) is 4.44. The van der Waals surface area contributed by atoms with Crippen LogP contribution < -0.4 is 0 Å². The SMILES string of the molecule is CCCN1CCC[C@H]2CC(=O)C(C(=O)OCC)C[C@@H]21. The van der Waals surface area contributed by atoms with Crippen LogP contribution in [0.2, 0.25) is 0 Å².